The third-order valence-corrected chi connectivity index (χ3v) is 4.18. The van der Waals surface area contributed by atoms with Crippen LogP contribution >= 0.6 is 23.4 Å². The Hall–Kier alpha value is -2.32. The van der Waals surface area contributed by atoms with Crippen molar-refractivity contribution in [3.8, 4) is 11.4 Å². The summed E-state index contributed by atoms with van der Waals surface area (Å²) in [5.41, 5.74) is 0.707. The molecule has 0 fully saturated rings. The van der Waals surface area contributed by atoms with Crippen LogP contribution in [0.3, 0.4) is 0 Å². The summed E-state index contributed by atoms with van der Waals surface area (Å²) in [6.45, 7) is 1.75. The van der Waals surface area contributed by atoms with E-state index in [2.05, 4.69) is 20.6 Å². The molecule has 0 atom stereocenters. The molecule has 0 aliphatic carbocycles. The second-order valence-corrected chi connectivity index (χ2v) is 6.25. The number of rotatable bonds is 6. The second kappa shape index (κ2) is 7.50. The number of thioether (sulfide) groups is 1. The zero-order chi connectivity index (χ0) is 16.9. The van der Waals surface area contributed by atoms with Gasteiger partial charge in [0.15, 0.2) is 5.82 Å². The Labute approximate surface area is 146 Å². The first-order chi connectivity index (χ1) is 11.6. The molecule has 0 bridgehead atoms. The van der Waals surface area contributed by atoms with Gasteiger partial charge in [0, 0.05) is 11.6 Å². The summed E-state index contributed by atoms with van der Waals surface area (Å²) >= 11 is 7.45. The van der Waals surface area contributed by atoms with E-state index in [9.17, 15) is 4.79 Å². The summed E-state index contributed by atoms with van der Waals surface area (Å²) in [6, 6.07) is 8.91. The third-order valence-electron chi connectivity index (χ3n) is 2.94. The Morgan fingerprint density at radius 2 is 2.12 bits per heavy atom. The van der Waals surface area contributed by atoms with Gasteiger partial charge in [0.05, 0.1) is 16.5 Å². The van der Waals surface area contributed by atoms with Crippen LogP contribution in [0.25, 0.3) is 11.4 Å². The van der Waals surface area contributed by atoms with E-state index >= 15 is 0 Å². The Kier molecular flexibility index (Phi) is 5.17. The van der Waals surface area contributed by atoms with Gasteiger partial charge in [-0.25, -0.2) is 0 Å². The molecule has 124 valence electrons. The van der Waals surface area contributed by atoms with E-state index in [-0.39, 0.29) is 11.7 Å². The first-order valence-corrected chi connectivity index (χ1v) is 8.53. The summed E-state index contributed by atoms with van der Waals surface area (Å²) < 4.78 is 10.1. The fourth-order valence-corrected chi connectivity index (χ4v) is 2.77. The predicted molar refractivity (Wildman–Crippen MR) is 90.8 cm³/mol. The summed E-state index contributed by atoms with van der Waals surface area (Å²) in [6.07, 6.45) is 0. The molecule has 3 aromatic rings. The molecular formula is C15H13ClN4O3S. The van der Waals surface area contributed by atoms with E-state index in [0.29, 0.717) is 39.6 Å². The molecule has 0 unspecified atom stereocenters. The smallest absolute Gasteiger partial charge is 0.236 e. The Balaban J connectivity index is 1.51. The van der Waals surface area contributed by atoms with Crippen LogP contribution in [0.4, 0.5) is 5.82 Å². The molecular weight excluding hydrogens is 352 g/mol. The lowest BCUT2D eigenvalue weighted by Gasteiger charge is -1.99. The topological polar surface area (TPSA) is 94.1 Å². The summed E-state index contributed by atoms with van der Waals surface area (Å²) in [4.78, 5) is 16.1. The summed E-state index contributed by atoms with van der Waals surface area (Å²) in [5, 5.41) is 10.8. The second-order valence-electron chi connectivity index (χ2n) is 4.86. The zero-order valence-electron chi connectivity index (χ0n) is 12.7. The quantitative estimate of drug-likeness (QED) is 0.714. The van der Waals surface area contributed by atoms with Crippen molar-refractivity contribution in [1.82, 2.24) is 15.3 Å². The molecule has 9 heteroatoms. The number of carbonyl (C=O) groups excluding carboxylic acids is 1. The number of aryl methyl sites for hydroxylation is 1. The maximum Gasteiger partial charge on any atom is 0.236 e. The fourth-order valence-electron chi connectivity index (χ4n) is 1.90. The van der Waals surface area contributed by atoms with E-state index in [1.54, 1.807) is 19.1 Å². The van der Waals surface area contributed by atoms with Crippen molar-refractivity contribution >= 4 is 35.1 Å². The molecule has 7 nitrogen and oxygen atoms in total. The number of benzene rings is 1. The SMILES string of the molecule is Cc1cc(NC(=O)CSCc2nc(-c3ccccc3Cl)no2)no1. The summed E-state index contributed by atoms with van der Waals surface area (Å²) in [5.74, 6) is 2.36. The van der Waals surface area contributed by atoms with Crippen molar-refractivity contribution < 1.29 is 13.8 Å². The van der Waals surface area contributed by atoms with Crippen molar-refractivity contribution in [2.75, 3.05) is 11.1 Å². The molecule has 0 aliphatic rings. The summed E-state index contributed by atoms with van der Waals surface area (Å²) in [7, 11) is 0. The van der Waals surface area contributed by atoms with Gasteiger partial charge in [-0.3, -0.25) is 4.79 Å². The monoisotopic (exact) mass is 364 g/mol. The highest BCUT2D eigenvalue weighted by Gasteiger charge is 2.12. The van der Waals surface area contributed by atoms with Crippen LogP contribution in [0.15, 0.2) is 39.4 Å². The number of hydrogen-bond acceptors (Lipinski definition) is 7. The van der Waals surface area contributed by atoms with Crippen LogP contribution in [0.1, 0.15) is 11.7 Å². The highest BCUT2D eigenvalue weighted by Crippen LogP contribution is 2.25. The van der Waals surface area contributed by atoms with Crippen molar-refractivity contribution in [1.29, 1.82) is 0 Å². The zero-order valence-corrected chi connectivity index (χ0v) is 14.2. The largest absolute Gasteiger partial charge is 0.360 e. The van der Waals surface area contributed by atoms with Gasteiger partial charge in [-0.1, -0.05) is 34.0 Å². The first-order valence-electron chi connectivity index (χ1n) is 7.00. The Bertz CT molecular complexity index is 849. The van der Waals surface area contributed by atoms with Gasteiger partial charge in [-0.15, -0.1) is 11.8 Å². The molecule has 24 heavy (non-hydrogen) atoms. The average Bonchev–Trinajstić information content (AvgIpc) is 3.17. The molecule has 1 aromatic carbocycles. The van der Waals surface area contributed by atoms with Crippen LogP contribution in [0.5, 0.6) is 0 Å². The van der Waals surface area contributed by atoms with Crippen molar-refractivity contribution in [3.63, 3.8) is 0 Å². The van der Waals surface area contributed by atoms with Gasteiger partial charge in [0.1, 0.15) is 5.76 Å². The molecule has 1 N–H and O–H groups in total. The van der Waals surface area contributed by atoms with Gasteiger partial charge in [0.2, 0.25) is 17.6 Å². The lowest BCUT2D eigenvalue weighted by molar-refractivity contribution is -0.113. The predicted octanol–water partition coefficient (Wildman–Crippen LogP) is 3.56. The Morgan fingerprint density at radius 1 is 1.29 bits per heavy atom. The van der Waals surface area contributed by atoms with Crippen LogP contribution in [-0.2, 0) is 10.5 Å². The van der Waals surface area contributed by atoms with Crippen LogP contribution < -0.4 is 5.32 Å². The standard InChI is InChI=1S/C15H13ClN4O3S/c1-9-6-12(19-22-9)17-13(21)7-24-8-14-18-15(20-23-14)10-4-2-3-5-11(10)16/h2-6H,7-8H2,1H3,(H,17,19,21). The van der Waals surface area contributed by atoms with Crippen LogP contribution in [0.2, 0.25) is 5.02 Å². The minimum atomic E-state index is -0.181. The van der Waals surface area contributed by atoms with Crippen molar-refractivity contribution in [2.24, 2.45) is 0 Å². The molecule has 2 aromatic heterocycles. The van der Waals surface area contributed by atoms with Gasteiger partial charge in [-0.2, -0.15) is 4.98 Å². The maximum atomic E-state index is 11.8. The number of anilines is 1. The molecule has 0 radical (unpaired) electrons. The minimum absolute atomic E-state index is 0.181. The molecule has 0 saturated heterocycles. The molecule has 1 amide bonds. The number of hydrogen-bond donors (Lipinski definition) is 1. The number of amides is 1. The lowest BCUT2D eigenvalue weighted by Crippen LogP contribution is -2.14. The van der Waals surface area contributed by atoms with Gasteiger partial charge in [0.25, 0.3) is 0 Å². The number of nitrogens with zero attached hydrogens (tertiary/aromatic N) is 3. The number of aromatic nitrogens is 3. The molecule has 2 heterocycles. The normalized spacial score (nSPS) is 10.8. The van der Waals surface area contributed by atoms with Gasteiger partial charge in [-0.05, 0) is 19.1 Å². The van der Waals surface area contributed by atoms with Gasteiger partial charge >= 0.3 is 0 Å². The molecule has 3 rings (SSSR count). The third kappa shape index (κ3) is 4.15. The first kappa shape index (κ1) is 16.5. The minimum Gasteiger partial charge on any atom is -0.360 e. The van der Waals surface area contributed by atoms with E-state index in [4.69, 9.17) is 20.6 Å². The molecule has 0 spiro atoms. The maximum absolute atomic E-state index is 11.8. The Morgan fingerprint density at radius 3 is 2.88 bits per heavy atom. The highest BCUT2D eigenvalue weighted by atomic mass is 35.5. The number of nitrogens with one attached hydrogen (secondary N) is 1. The van der Waals surface area contributed by atoms with Crippen molar-refractivity contribution in [3.05, 3.63) is 47.0 Å². The average molecular weight is 365 g/mol. The van der Waals surface area contributed by atoms with E-state index in [1.165, 1.54) is 11.8 Å². The van der Waals surface area contributed by atoms with E-state index < -0.39 is 0 Å². The van der Waals surface area contributed by atoms with E-state index in [1.807, 2.05) is 18.2 Å². The molecule has 0 aliphatic heterocycles. The molecule has 0 saturated carbocycles. The number of carbonyl (C=O) groups is 1. The van der Waals surface area contributed by atoms with Crippen LogP contribution in [-0.4, -0.2) is 27.0 Å². The van der Waals surface area contributed by atoms with E-state index in [0.717, 1.165) is 0 Å². The lowest BCUT2D eigenvalue weighted by atomic mass is 10.2. The van der Waals surface area contributed by atoms with Crippen molar-refractivity contribution in [2.45, 2.75) is 12.7 Å². The van der Waals surface area contributed by atoms with Gasteiger partial charge < -0.3 is 14.4 Å². The fraction of sp³-hybridized carbons (Fsp3) is 0.200. The number of halogens is 1. The highest BCUT2D eigenvalue weighted by molar-refractivity contribution is 7.99. The van der Waals surface area contributed by atoms with Crippen LogP contribution in [0, 0.1) is 6.92 Å².